The number of hydrogen-bond acceptors (Lipinski definition) is 5. The first-order chi connectivity index (χ1) is 14.6. The molecular weight excluding hydrogens is 376 g/mol. The molecule has 0 N–H and O–H groups in total. The Kier molecular flexibility index (Phi) is 4.44. The first-order valence-electron chi connectivity index (χ1n) is 11.9. The Morgan fingerprint density at radius 2 is 1.87 bits per heavy atom. The average Bonchev–Trinajstić information content (AvgIpc) is 3.46. The number of epoxide rings is 1. The highest BCUT2D eigenvalue weighted by atomic mass is 16.6. The Bertz CT molecular complexity index is 802. The molecule has 162 valence electrons. The third-order valence-electron chi connectivity index (χ3n) is 9.03. The molecule has 1 aromatic rings. The smallest absolute Gasteiger partial charge is 0.310 e. The number of benzene rings is 1. The quantitative estimate of drug-likeness (QED) is 0.565. The molecule has 0 bridgehead atoms. The standard InChI is InChI=1S/C25H34N2O3/c1-24-8-5-9-25(17-29-25)22(24)14-19-20(23(28)30-21(19)15-24)16-26-10-12-27(13-11-26)18-6-3-2-4-7-18/h2-4,6-7,19-22H,5,8-17H2,1H3/t19-,20?,21-,22?,24-,25?/m1/s1. The van der Waals surface area contributed by atoms with E-state index in [1.807, 2.05) is 0 Å². The highest BCUT2D eigenvalue weighted by Crippen LogP contribution is 2.62. The molecule has 2 saturated carbocycles. The van der Waals surface area contributed by atoms with Gasteiger partial charge in [0.1, 0.15) is 6.10 Å². The predicted molar refractivity (Wildman–Crippen MR) is 115 cm³/mol. The summed E-state index contributed by atoms with van der Waals surface area (Å²) in [6, 6.07) is 10.7. The van der Waals surface area contributed by atoms with Crippen LogP contribution in [0.25, 0.3) is 0 Å². The summed E-state index contributed by atoms with van der Waals surface area (Å²) in [6.45, 7) is 8.31. The van der Waals surface area contributed by atoms with E-state index in [9.17, 15) is 4.79 Å². The molecular formula is C25H34N2O3. The summed E-state index contributed by atoms with van der Waals surface area (Å²) in [5.74, 6) is 1.08. The molecule has 3 heterocycles. The lowest BCUT2D eigenvalue weighted by Gasteiger charge is -2.51. The lowest BCUT2D eigenvalue weighted by molar-refractivity contribution is -0.147. The van der Waals surface area contributed by atoms with Crippen LogP contribution in [-0.4, -0.2) is 61.9 Å². The van der Waals surface area contributed by atoms with Crippen LogP contribution in [0.4, 0.5) is 5.69 Å². The Balaban J connectivity index is 1.12. The minimum atomic E-state index is 0.0422. The first kappa shape index (κ1) is 19.1. The first-order valence-corrected chi connectivity index (χ1v) is 11.9. The molecule has 3 unspecified atom stereocenters. The lowest BCUT2D eigenvalue weighted by atomic mass is 9.53. The minimum absolute atomic E-state index is 0.0422. The van der Waals surface area contributed by atoms with E-state index in [1.165, 1.54) is 24.9 Å². The van der Waals surface area contributed by atoms with Crippen molar-refractivity contribution in [3.8, 4) is 0 Å². The van der Waals surface area contributed by atoms with Gasteiger partial charge < -0.3 is 14.4 Å². The molecule has 0 radical (unpaired) electrons. The second kappa shape index (κ2) is 6.96. The topological polar surface area (TPSA) is 45.3 Å². The van der Waals surface area contributed by atoms with Crippen LogP contribution < -0.4 is 4.90 Å². The van der Waals surface area contributed by atoms with E-state index in [1.54, 1.807) is 0 Å². The van der Waals surface area contributed by atoms with Crippen molar-refractivity contribution in [3.05, 3.63) is 30.3 Å². The third-order valence-corrected chi connectivity index (χ3v) is 9.03. The van der Waals surface area contributed by atoms with Crippen LogP contribution in [0.15, 0.2) is 30.3 Å². The van der Waals surface area contributed by atoms with Gasteiger partial charge in [0.15, 0.2) is 0 Å². The normalized spacial score (nSPS) is 43.2. The minimum Gasteiger partial charge on any atom is -0.462 e. The van der Waals surface area contributed by atoms with Crippen molar-refractivity contribution >= 4 is 11.7 Å². The van der Waals surface area contributed by atoms with Gasteiger partial charge in [-0.1, -0.05) is 25.1 Å². The zero-order chi connectivity index (χ0) is 20.3. The van der Waals surface area contributed by atoms with E-state index in [0.717, 1.165) is 52.2 Å². The summed E-state index contributed by atoms with van der Waals surface area (Å²) in [5, 5.41) is 0. The number of hydrogen-bond donors (Lipinski definition) is 0. The number of para-hydroxylation sites is 1. The van der Waals surface area contributed by atoms with E-state index in [2.05, 4.69) is 47.1 Å². The molecule has 5 heteroatoms. The van der Waals surface area contributed by atoms with Gasteiger partial charge in [-0.3, -0.25) is 9.69 Å². The van der Waals surface area contributed by atoms with E-state index >= 15 is 0 Å². The second-order valence-corrected chi connectivity index (χ2v) is 10.7. The van der Waals surface area contributed by atoms with Crippen LogP contribution in [0.2, 0.25) is 0 Å². The number of carbonyl (C=O) groups is 1. The molecule has 0 amide bonds. The maximum absolute atomic E-state index is 12.9. The van der Waals surface area contributed by atoms with Gasteiger partial charge in [-0.15, -0.1) is 0 Å². The van der Waals surface area contributed by atoms with Crippen LogP contribution in [0.5, 0.6) is 0 Å². The molecule has 2 aliphatic carbocycles. The van der Waals surface area contributed by atoms with Crippen molar-refractivity contribution < 1.29 is 14.3 Å². The SMILES string of the molecule is C[C@]12CCCC3(CO3)C1C[C@@H]1C(CN3CCN(c4ccccc4)CC3)C(=O)O[C@@H]1C2. The van der Waals surface area contributed by atoms with Gasteiger partial charge >= 0.3 is 5.97 Å². The van der Waals surface area contributed by atoms with Gasteiger partial charge in [-0.05, 0) is 55.6 Å². The summed E-state index contributed by atoms with van der Waals surface area (Å²) in [5.41, 5.74) is 1.72. The number of esters is 1. The van der Waals surface area contributed by atoms with Crippen molar-refractivity contribution in [2.45, 2.75) is 50.7 Å². The molecule has 5 aliphatic rings. The molecule has 6 atom stereocenters. The fourth-order valence-electron chi connectivity index (χ4n) is 7.27. The second-order valence-electron chi connectivity index (χ2n) is 10.7. The van der Waals surface area contributed by atoms with Crippen molar-refractivity contribution in [3.63, 3.8) is 0 Å². The van der Waals surface area contributed by atoms with Crippen LogP contribution in [0, 0.1) is 23.2 Å². The molecule has 1 aromatic carbocycles. The van der Waals surface area contributed by atoms with Gasteiger partial charge in [-0.25, -0.2) is 0 Å². The summed E-state index contributed by atoms with van der Waals surface area (Å²) < 4.78 is 12.0. The Morgan fingerprint density at radius 3 is 2.60 bits per heavy atom. The highest BCUT2D eigenvalue weighted by Gasteiger charge is 2.65. The van der Waals surface area contributed by atoms with Gasteiger partial charge in [0.2, 0.25) is 0 Å². The molecule has 5 fully saturated rings. The maximum atomic E-state index is 12.9. The Labute approximate surface area is 179 Å². The molecule has 1 spiro atoms. The lowest BCUT2D eigenvalue weighted by Crippen LogP contribution is -2.52. The zero-order valence-corrected chi connectivity index (χ0v) is 18.1. The van der Waals surface area contributed by atoms with Gasteiger partial charge in [0.05, 0.1) is 18.1 Å². The summed E-state index contributed by atoms with van der Waals surface area (Å²) >= 11 is 0. The summed E-state index contributed by atoms with van der Waals surface area (Å²) in [4.78, 5) is 17.8. The summed E-state index contributed by atoms with van der Waals surface area (Å²) in [7, 11) is 0. The fourth-order valence-corrected chi connectivity index (χ4v) is 7.27. The Hall–Kier alpha value is -1.59. The van der Waals surface area contributed by atoms with Gasteiger partial charge in [0, 0.05) is 44.3 Å². The molecule has 3 aliphatic heterocycles. The molecule has 0 aromatic heterocycles. The zero-order valence-electron chi connectivity index (χ0n) is 18.1. The largest absolute Gasteiger partial charge is 0.462 e. The number of fused-ring (bicyclic) bond motifs is 3. The van der Waals surface area contributed by atoms with Crippen molar-refractivity contribution in [2.24, 2.45) is 23.2 Å². The summed E-state index contributed by atoms with van der Waals surface area (Å²) in [6.07, 6.45) is 6.01. The van der Waals surface area contributed by atoms with E-state index < -0.39 is 0 Å². The van der Waals surface area contributed by atoms with Crippen LogP contribution in [0.1, 0.15) is 39.0 Å². The molecule has 3 saturated heterocycles. The molecule has 30 heavy (non-hydrogen) atoms. The number of nitrogens with zero attached hydrogens (tertiary/aromatic N) is 2. The average molecular weight is 411 g/mol. The monoisotopic (exact) mass is 410 g/mol. The van der Waals surface area contributed by atoms with Crippen LogP contribution in [-0.2, 0) is 14.3 Å². The maximum Gasteiger partial charge on any atom is 0.310 e. The van der Waals surface area contributed by atoms with E-state index in [0.29, 0.717) is 11.8 Å². The number of piperazine rings is 1. The van der Waals surface area contributed by atoms with Crippen LogP contribution in [0.3, 0.4) is 0 Å². The van der Waals surface area contributed by atoms with Crippen LogP contribution >= 0.6 is 0 Å². The molecule has 5 nitrogen and oxygen atoms in total. The Morgan fingerprint density at radius 1 is 1.10 bits per heavy atom. The van der Waals surface area contributed by atoms with Crippen molar-refractivity contribution in [2.75, 3.05) is 44.2 Å². The number of rotatable bonds is 3. The molecule has 6 rings (SSSR count). The third kappa shape index (κ3) is 3.08. The number of anilines is 1. The van der Waals surface area contributed by atoms with Gasteiger partial charge in [-0.2, -0.15) is 0 Å². The van der Waals surface area contributed by atoms with E-state index in [4.69, 9.17) is 9.47 Å². The fraction of sp³-hybridized carbons (Fsp3) is 0.720. The van der Waals surface area contributed by atoms with Crippen molar-refractivity contribution in [1.82, 2.24) is 4.90 Å². The van der Waals surface area contributed by atoms with Gasteiger partial charge in [0.25, 0.3) is 0 Å². The number of ether oxygens (including phenoxy) is 2. The number of carbonyl (C=O) groups excluding carboxylic acids is 1. The van der Waals surface area contributed by atoms with Crippen molar-refractivity contribution in [1.29, 1.82) is 0 Å². The highest BCUT2D eigenvalue weighted by molar-refractivity contribution is 5.75. The van der Waals surface area contributed by atoms with E-state index in [-0.39, 0.29) is 29.0 Å². The predicted octanol–water partition coefficient (Wildman–Crippen LogP) is 3.34.